The lowest BCUT2D eigenvalue weighted by molar-refractivity contribution is 0.0939. The number of hydrogen-bond acceptors (Lipinski definition) is 6. The van der Waals surface area contributed by atoms with Gasteiger partial charge in [0, 0.05) is 25.3 Å². The monoisotopic (exact) mass is 525 g/mol. The van der Waals surface area contributed by atoms with Crippen molar-refractivity contribution in [2.24, 2.45) is 0 Å². The smallest absolute Gasteiger partial charge is 0.331 e. The number of urea groups is 1. The van der Waals surface area contributed by atoms with Crippen LogP contribution in [-0.4, -0.2) is 36.1 Å². The highest BCUT2D eigenvalue weighted by Gasteiger charge is 2.34. The van der Waals surface area contributed by atoms with Crippen molar-refractivity contribution < 1.29 is 14.3 Å². The maximum absolute atomic E-state index is 13.5. The summed E-state index contributed by atoms with van der Waals surface area (Å²) in [5.74, 6) is 1.22. The second-order valence-electron chi connectivity index (χ2n) is 9.40. The van der Waals surface area contributed by atoms with E-state index in [1.807, 2.05) is 68.4 Å². The molecule has 38 heavy (non-hydrogen) atoms. The molecule has 3 N–H and O–H groups in total. The molecule has 2 aromatic carbocycles. The standard InChI is InChI=1S/C29H27N5O3S/c1-3-18-14-19(16-30-15-18)32-27(35)26-25-24-23(11-12-31-28(24)38-26)34(29(36)33-25)22-10-9-21(13-17(22)2)37-20-7-5-4-6-8-20/h3-13,19,30H,14-16H2,1-2H3,(H,32,35)(H,33,36)/b18-3-/t19-/m1/s1. The van der Waals surface area contributed by atoms with Crippen molar-refractivity contribution in [3.05, 3.63) is 82.9 Å². The van der Waals surface area contributed by atoms with Crippen LogP contribution in [-0.2, 0) is 0 Å². The lowest BCUT2D eigenvalue weighted by atomic mass is 10.0. The molecule has 2 aliphatic rings. The average molecular weight is 526 g/mol. The predicted octanol–water partition coefficient (Wildman–Crippen LogP) is 6.12. The topological polar surface area (TPSA) is 95.6 Å². The molecular weight excluding hydrogens is 498 g/mol. The zero-order valence-electron chi connectivity index (χ0n) is 21.1. The van der Waals surface area contributed by atoms with Crippen LogP contribution in [0.4, 0.5) is 21.9 Å². The summed E-state index contributed by atoms with van der Waals surface area (Å²) in [6.07, 6.45) is 4.57. The molecule has 2 aliphatic heterocycles. The van der Waals surface area contributed by atoms with Crippen LogP contribution in [0.15, 0.2) is 72.4 Å². The van der Waals surface area contributed by atoms with E-state index in [1.54, 1.807) is 11.1 Å². The average Bonchev–Trinajstić information content (AvgIpc) is 3.30. The number of aromatic nitrogens is 1. The molecule has 192 valence electrons. The first-order chi connectivity index (χ1) is 18.5. The van der Waals surface area contributed by atoms with Gasteiger partial charge in [0.05, 0.1) is 22.4 Å². The number of piperidine rings is 1. The number of nitrogens with zero attached hydrogens (tertiary/aromatic N) is 2. The molecule has 6 rings (SSSR count). The third-order valence-corrected chi connectivity index (χ3v) is 7.93. The summed E-state index contributed by atoms with van der Waals surface area (Å²) in [6, 6.07) is 16.7. The maximum Gasteiger partial charge on any atom is 0.331 e. The van der Waals surface area contributed by atoms with E-state index in [0.29, 0.717) is 33.4 Å². The molecule has 1 fully saturated rings. The van der Waals surface area contributed by atoms with Gasteiger partial charge in [-0.2, -0.15) is 0 Å². The van der Waals surface area contributed by atoms with E-state index < -0.39 is 0 Å². The Morgan fingerprint density at radius 1 is 1.16 bits per heavy atom. The number of pyridine rings is 1. The molecule has 2 aromatic heterocycles. The summed E-state index contributed by atoms with van der Waals surface area (Å²) in [5.41, 5.74) is 4.08. The minimum atomic E-state index is -0.326. The molecule has 0 unspecified atom stereocenters. The predicted molar refractivity (Wildman–Crippen MR) is 151 cm³/mol. The Bertz CT molecular complexity index is 1580. The first kappa shape index (κ1) is 24.1. The normalized spacial score (nSPS) is 17.9. The van der Waals surface area contributed by atoms with Crippen molar-refractivity contribution in [1.82, 2.24) is 15.6 Å². The summed E-state index contributed by atoms with van der Waals surface area (Å²) in [6.45, 7) is 5.50. The molecule has 0 bridgehead atoms. The van der Waals surface area contributed by atoms with Gasteiger partial charge in [-0.25, -0.2) is 9.78 Å². The number of aryl methyl sites for hydroxylation is 1. The van der Waals surface area contributed by atoms with Crippen molar-refractivity contribution >= 4 is 50.6 Å². The molecular formula is C29H27N5O3S. The van der Waals surface area contributed by atoms with Crippen molar-refractivity contribution in [3.8, 4) is 11.5 Å². The first-order valence-electron chi connectivity index (χ1n) is 12.5. The Hall–Kier alpha value is -4.21. The van der Waals surface area contributed by atoms with Gasteiger partial charge in [0.2, 0.25) is 0 Å². The lowest BCUT2D eigenvalue weighted by Crippen LogP contribution is -2.46. The summed E-state index contributed by atoms with van der Waals surface area (Å²) >= 11 is 1.29. The molecule has 1 atom stereocenters. The number of hydrogen-bond donors (Lipinski definition) is 3. The minimum Gasteiger partial charge on any atom is -0.457 e. The third-order valence-electron chi connectivity index (χ3n) is 6.84. The Labute approximate surface area is 224 Å². The Morgan fingerprint density at radius 3 is 2.79 bits per heavy atom. The third kappa shape index (κ3) is 4.40. The molecule has 9 heteroatoms. The number of benzene rings is 2. The number of rotatable bonds is 5. The maximum atomic E-state index is 13.5. The Morgan fingerprint density at radius 2 is 2.00 bits per heavy atom. The number of allylic oxidation sites excluding steroid dienone is 1. The molecule has 3 amide bonds. The Balaban J connectivity index is 1.32. The van der Waals surface area contributed by atoms with Crippen LogP contribution >= 0.6 is 11.3 Å². The van der Waals surface area contributed by atoms with Crippen molar-refractivity contribution in [3.63, 3.8) is 0 Å². The molecule has 0 spiro atoms. The van der Waals surface area contributed by atoms with Gasteiger partial charge in [-0.3, -0.25) is 9.69 Å². The van der Waals surface area contributed by atoms with Gasteiger partial charge in [-0.05, 0) is 62.2 Å². The van der Waals surface area contributed by atoms with E-state index >= 15 is 0 Å². The number of amides is 3. The quantitative estimate of drug-likeness (QED) is 0.273. The van der Waals surface area contributed by atoms with Crippen LogP contribution in [0.3, 0.4) is 0 Å². The van der Waals surface area contributed by atoms with Gasteiger partial charge in [0.25, 0.3) is 5.91 Å². The summed E-state index contributed by atoms with van der Waals surface area (Å²) in [7, 11) is 0. The first-order valence-corrected chi connectivity index (χ1v) is 13.4. The lowest BCUT2D eigenvalue weighted by Gasteiger charge is -2.30. The van der Waals surface area contributed by atoms with Crippen LogP contribution in [0.25, 0.3) is 10.2 Å². The second kappa shape index (κ2) is 9.92. The summed E-state index contributed by atoms with van der Waals surface area (Å²) in [4.78, 5) is 34.1. The molecule has 0 aliphatic carbocycles. The van der Waals surface area contributed by atoms with E-state index in [1.165, 1.54) is 16.9 Å². The summed E-state index contributed by atoms with van der Waals surface area (Å²) in [5, 5.41) is 10.2. The zero-order chi connectivity index (χ0) is 26.2. The van der Waals surface area contributed by atoms with E-state index in [0.717, 1.165) is 35.4 Å². The number of ether oxygens (including phenoxy) is 1. The minimum absolute atomic E-state index is 0.0117. The van der Waals surface area contributed by atoms with Gasteiger partial charge in [-0.15, -0.1) is 11.3 Å². The van der Waals surface area contributed by atoms with Gasteiger partial charge in [0.1, 0.15) is 21.2 Å². The SMILES string of the molecule is C/C=C1\CNC[C@H](NC(=O)c2sc3nccc4c3c2NC(=O)N4c2ccc(Oc3ccccc3)cc2C)C1. The highest BCUT2D eigenvalue weighted by atomic mass is 32.1. The number of nitrogens with one attached hydrogen (secondary N) is 3. The fourth-order valence-corrected chi connectivity index (χ4v) is 6.01. The number of thiophene rings is 1. The molecule has 8 nitrogen and oxygen atoms in total. The fraction of sp³-hybridized carbons (Fsp3) is 0.207. The number of carbonyl (C=O) groups is 2. The van der Waals surface area contributed by atoms with Gasteiger partial charge < -0.3 is 20.7 Å². The zero-order valence-corrected chi connectivity index (χ0v) is 21.9. The number of para-hydroxylation sites is 1. The van der Waals surface area contributed by atoms with E-state index in [9.17, 15) is 9.59 Å². The van der Waals surface area contributed by atoms with Gasteiger partial charge >= 0.3 is 6.03 Å². The van der Waals surface area contributed by atoms with E-state index in [4.69, 9.17) is 4.74 Å². The largest absolute Gasteiger partial charge is 0.457 e. The molecule has 4 aromatic rings. The van der Waals surface area contributed by atoms with Gasteiger partial charge in [0.15, 0.2) is 0 Å². The van der Waals surface area contributed by atoms with E-state index in [2.05, 4.69) is 27.0 Å². The van der Waals surface area contributed by atoms with Crippen LogP contribution < -0.4 is 25.6 Å². The fourth-order valence-electron chi connectivity index (χ4n) is 4.99. The molecule has 0 saturated carbocycles. The molecule has 1 saturated heterocycles. The van der Waals surface area contributed by atoms with Gasteiger partial charge in [-0.1, -0.05) is 29.8 Å². The van der Waals surface area contributed by atoms with Crippen molar-refractivity contribution in [1.29, 1.82) is 0 Å². The Kier molecular flexibility index (Phi) is 6.30. The number of anilines is 3. The van der Waals surface area contributed by atoms with Crippen LogP contribution in [0.2, 0.25) is 0 Å². The van der Waals surface area contributed by atoms with Crippen molar-refractivity contribution in [2.45, 2.75) is 26.3 Å². The van der Waals surface area contributed by atoms with E-state index in [-0.39, 0.29) is 18.0 Å². The van der Waals surface area contributed by atoms with Crippen LogP contribution in [0.5, 0.6) is 11.5 Å². The highest BCUT2D eigenvalue weighted by Crippen LogP contribution is 2.46. The summed E-state index contributed by atoms with van der Waals surface area (Å²) < 4.78 is 5.97. The number of carbonyl (C=O) groups excluding carboxylic acids is 2. The highest BCUT2D eigenvalue weighted by molar-refractivity contribution is 7.21. The van der Waals surface area contributed by atoms with Crippen LogP contribution in [0, 0.1) is 6.92 Å². The molecule has 4 heterocycles. The molecule has 0 radical (unpaired) electrons. The second-order valence-corrected chi connectivity index (χ2v) is 10.4. The van der Waals surface area contributed by atoms with Crippen LogP contribution in [0.1, 0.15) is 28.6 Å². The van der Waals surface area contributed by atoms with Crippen molar-refractivity contribution in [2.75, 3.05) is 23.3 Å².